The van der Waals surface area contributed by atoms with Crippen molar-refractivity contribution in [2.24, 2.45) is 5.10 Å². The number of nitrogens with zero attached hydrogens (tertiary/aromatic N) is 1. The maximum Gasteiger partial charge on any atom is 0.271 e. The predicted molar refractivity (Wildman–Crippen MR) is 134 cm³/mol. The Labute approximate surface area is 210 Å². The van der Waals surface area contributed by atoms with E-state index in [9.17, 15) is 4.79 Å². The first-order valence-corrected chi connectivity index (χ1v) is 11.5. The van der Waals surface area contributed by atoms with Gasteiger partial charge in [-0.05, 0) is 55.5 Å². The monoisotopic (exact) mass is 550 g/mol. The Balaban J connectivity index is 1.70. The lowest BCUT2D eigenvalue weighted by atomic mass is 10.2. The van der Waals surface area contributed by atoms with Crippen LogP contribution in [0, 0.1) is 0 Å². The van der Waals surface area contributed by atoms with Crippen molar-refractivity contribution >= 4 is 51.3 Å². The Hall–Kier alpha value is -2.74. The van der Waals surface area contributed by atoms with Crippen LogP contribution in [0.15, 0.2) is 64.2 Å². The van der Waals surface area contributed by atoms with Crippen molar-refractivity contribution < 1.29 is 19.0 Å². The molecule has 0 aliphatic carbocycles. The standard InChI is InChI=1S/C24H21BrCl2N2O4/c1-3-32-22-8-5-15(11-23(22)31-2)24(30)29-28-13-17-10-18(25)6-9-21(17)33-14-16-4-7-19(26)12-20(16)27/h4-13H,3,14H2,1-2H3,(H,29,30)/b28-13+. The molecule has 0 fully saturated rings. The maximum atomic E-state index is 12.5. The minimum absolute atomic E-state index is 0.247. The molecule has 0 unspecified atom stereocenters. The van der Waals surface area contributed by atoms with Crippen LogP contribution in [0.4, 0.5) is 0 Å². The van der Waals surface area contributed by atoms with Gasteiger partial charge in [0.05, 0.1) is 19.9 Å². The van der Waals surface area contributed by atoms with Crippen LogP contribution < -0.4 is 19.6 Å². The summed E-state index contributed by atoms with van der Waals surface area (Å²) in [5.41, 5.74) is 4.36. The SMILES string of the molecule is CCOc1ccc(C(=O)N/N=C/c2cc(Br)ccc2OCc2ccc(Cl)cc2Cl)cc1OC. The largest absolute Gasteiger partial charge is 0.493 e. The average Bonchev–Trinajstić information content (AvgIpc) is 2.80. The third kappa shape index (κ3) is 6.87. The molecule has 3 aromatic rings. The molecule has 0 bridgehead atoms. The summed E-state index contributed by atoms with van der Waals surface area (Å²) in [6.07, 6.45) is 1.51. The van der Waals surface area contributed by atoms with Crippen molar-refractivity contribution in [1.82, 2.24) is 5.43 Å². The topological polar surface area (TPSA) is 69.2 Å². The number of hydrazone groups is 1. The van der Waals surface area contributed by atoms with Crippen LogP contribution in [-0.2, 0) is 6.61 Å². The molecule has 0 heterocycles. The fourth-order valence-electron chi connectivity index (χ4n) is 2.85. The highest BCUT2D eigenvalue weighted by Crippen LogP contribution is 2.28. The highest BCUT2D eigenvalue weighted by Gasteiger charge is 2.11. The smallest absolute Gasteiger partial charge is 0.271 e. The van der Waals surface area contributed by atoms with Crippen LogP contribution in [-0.4, -0.2) is 25.8 Å². The zero-order valence-electron chi connectivity index (χ0n) is 17.9. The lowest BCUT2D eigenvalue weighted by Crippen LogP contribution is -2.17. The number of hydrogen-bond donors (Lipinski definition) is 1. The Morgan fingerprint density at radius 1 is 1.03 bits per heavy atom. The Morgan fingerprint density at radius 2 is 1.82 bits per heavy atom. The summed E-state index contributed by atoms with van der Waals surface area (Å²) in [6.45, 7) is 2.61. The molecular formula is C24H21BrCl2N2O4. The van der Waals surface area contributed by atoms with Gasteiger partial charge in [-0.25, -0.2) is 5.43 Å². The third-order valence-electron chi connectivity index (χ3n) is 4.47. The zero-order valence-corrected chi connectivity index (χ0v) is 21.0. The van der Waals surface area contributed by atoms with Crippen LogP contribution in [0.3, 0.4) is 0 Å². The number of amides is 1. The summed E-state index contributed by atoms with van der Waals surface area (Å²) in [4.78, 5) is 12.5. The molecular weight excluding hydrogens is 531 g/mol. The van der Waals surface area contributed by atoms with Gasteiger partial charge in [-0.1, -0.05) is 45.2 Å². The molecule has 3 rings (SSSR count). The molecule has 172 valence electrons. The summed E-state index contributed by atoms with van der Waals surface area (Å²) in [7, 11) is 1.52. The predicted octanol–water partition coefficient (Wildman–Crippen LogP) is 6.51. The van der Waals surface area contributed by atoms with E-state index in [1.54, 1.807) is 36.4 Å². The highest BCUT2D eigenvalue weighted by molar-refractivity contribution is 9.10. The summed E-state index contributed by atoms with van der Waals surface area (Å²) in [6, 6.07) is 15.6. The molecule has 0 atom stereocenters. The first-order chi connectivity index (χ1) is 15.9. The number of nitrogens with one attached hydrogen (secondary N) is 1. The number of carbonyl (C=O) groups is 1. The molecule has 1 N–H and O–H groups in total. The van der Waals surface area contributed by atoms with Crippen molar-refractivity contribution in [2.45, 2.75) is 13.5 Å². The van der Waals surface area contributed by atoms with Crippen molar-refractivity contribution in [3.63, 3.8) is 0 Å². The first kappa shape index (κ1) is 24.9. The van der Waals surface area contributed by atoms with Crippen molar-refractivity contribution in [2.75, 3.05) is 13.7 Å². The molecule has 0 spiro atoms. The molecule has 6 nitrogen and oxygen atoms in total. The van der Waals surface area contributed by atoms with E-state index in [0.717, 1.165) is 10.0 Å². The van der Waals surface area contributed by atoms with Gasteiger partial charge < -0.3 is 14.2 Å². The second-order valence-corrected chi connectivity index (χ2v) is 8.46. The van der Waals surface area contributed by atoms with Crippen LogP contribution in [0.1, 0.15) is 28.4 Å². The molecule has 1 amide bonds. The number of carbonyl (C=O) groups excluding carboxylic acids is 1. The summed E-state index contributed by atoms with van der Waals surface area (Å²) >= 11 is 15.6. The number of benzene rings is 3. The summed E-state index contributed by atoms with van der Waals surface area (Å²) in [5.74, 6) is 1.22. The number of halogens is 3. The minimum Gasteiger partial charge on any atom is -0.493 e. The van der Waals surface area contributed by atoms with E-state index < -0.39 is 5.91 Å². The van der Waals surface area contributed by atoms with E-state index in [2.05, 4.69) is 26.5 Å². The normalized spacial score (nSPS) is 10.8. The Morgan fingerprint density at radius 3 is 2.55 bits per heavy atom. The summed E-state index contributed by atoms with van der Waals surface area (Å²) in [5, 5.41) is 5.15. The van der Waals surface area contributed by atoms with E-state index >= 15 is 0 Å². The van der Waals surface area contributed by atoms with E-state index in [-0.39, 0.29) is 6.61 Å². The van der Waals surface area contributed by atoms with Gasteiger partial charge in [-0.3, -0.25) is 4.79 Å². The molecule has 0 radical (unpaired) electrons. The van der Waals surface area contributed by atoms with Gasteiger partial charge in [0.2, 0.25) is 0 Å². The lowest BCUT2D eigenvalue weighted by molar-refractivity contribution is 0.0954. The van der Waals surface area contributed by atoms with Gasteiger partial charge in [0, 0.05) is 31.2 Å². The molecule has 0 aliphatic heterocycles. The second kappa shape index (κ2) is 11.9. The van der Waals surface area contributed by atoms with Crippen molar-refractivity contribution in [1.29, 1.82) is 0 Å². The van der Waals surface area contributed by atoms with Gasteiger partial charge in [-0.15, -0.1) is 0 Å². The van der Waals surface area contributed by atoms with Crippen LogP contribution >= 0.6 is 39.1 Å². The fraction of sp³-hybridized carbons (Fsp3) is 0.167. The second-order valence-electron chi connectivity index (χ2n) is 6.70. The van der Waals surface area contributed by atoms with Crippen molar-refractivity contribution in [3.8, 4) is 17.2 Å². The van der Waals surface area contributed by atoms with Crippen LogP contribution in [0.25, 0.3) is 0 Å². The molecule has 3 aromatic carbocycles. The summed E-state index contributed by atoms with van der Waals surface area (Å²) < 4.78 is 17.5. The first-order valence-electron chi connectivity index (χ1n) is 9.91. The fourth-order valence-corrected chi connectivity index (χ4v) is 3.70. The van der Waals surface area contributed by atoms with E-state index in [1.807, 2.05) is 25.1 Å². The van der Waals surface area contributed by atoms with Gasteiger partial charge in [0.15, 0.2) is 11.5 Å². The average molecular weight is 552 g/mol. The van der Waals surface area contributed by atoms with Crippen LogP contribution in [0.2, 0.25) is 10.0 Å². The van der Waals surface area contributed by atoms with Gasteiger partial charge in [-0.2, -0.15) is 5.10 Å². The molecule has 9 heteroatoms. The molecule has 33 heavy (non-hydrogen) atoms. The number of ether oxygens (including phenoxy) is 3. The van der Waals surface area contributed by atoms with Crippen LogP contribution in [0.5, 0.6) is 17.2 Å². The Bertz CT molecular complexity index is 1170. The quantitative estimate of drug-likeness (QED) is 0.243. The molecule has 0 saturated heterocycles. The molecule has 0 aromatic heterocycles. The lowest BCUT2D eigenvalue weighted by Gasteiger charge is -2.11. The highest BCUT2D eigenvalue weighted by atomic mass is 79.9. The van der Waals surface area contributed by atoms with Gasteiger partial charge in [0.25, 0.3) is 5.91 Å². The van der Waals surface area contributed by atoms with E-state index in [0.29, 0.717) is 45.0 Å². The number of rotatable bonds is 9. The van der Waals surface area contributed by atoms with Crippen molar-refractivity contribution in [3.05, 3.63) is 85.8 Å². The number of hydrogen-bond acceptors (Lipinski definition) is 5. The third-order valence-corrected chi connectivity index (χ3v) is 5.55. The molecule has 0 saturated carbocycles. The van der Waals surface area contributed by atoms with Gasteiger partial charge >= 0.3 is 0 Å². The van der Waals surface area contributed by atoms with Gasteiger partial charge in [0.1, 0.15) is 12.4 Å². The Kier molecular flexibility index (Phi) is 9.00. The minimum atomic E-state index is -0.391. The molecule has 0 aliphatic rings. The van der Waals surface area contributed by atoms with E-state index in [1.165, 1.54) is 13.3 Å². The van der Waals surface area contributed by atoms with E-state index in [4.69, 9.17) is 37.4 Å². The zero-order chi connectivity index (χ0) is 23.8. The maximum absolute atomic E-state index is 12.5. The number of methoxy groups -OCH3 is 1.